The molecule has 2 unspecified atom stereocenters. The number of thiazole rings is 2. The fraction of sp³-hybridized carbons (Fsp3) is 0.417. The molecule has 4 aromatic rings. The Bertz CT molecular complexity index is 1130. The average Bonchev–Trinajstić information content (AvgIpc) is 3.36. The van der Waals surface area contributed by atoms with Gasteiger partial charge in [0, 0.05) is 10.0 Å². The standard InChI is InChI=1S/C24H29Cl2N5S2/c1-30(2)11-9-17(23-28-19-13-15(25)5-7-21(19)32-23)27-18(10-12-31(3)4)24-29-20-14-16(26)6-8-22(20)33-24/h5-8,13-14,17-18,27H,9-12H2,1-4H3. The Labute approximate surface area is 213 Å². The predicted molar refractivity (Wildman–Crippen MR) is 144 cm³/mol. The molecule has 0 spiro atoms. The molecule has 0 fully saturated rings. The van der Waals surface area contributed by atoms with E-state index in [4.69, 9.17) is 33.2 Å². The van der Waals surface area contributed by atoms with Gasteiger partial charge in [-0.15, -0.1) is 22.7 Å². The number of fused-ring (bicyclic) bond motifs is 2. The summed E-state index contributed by atoms with van der Waals surface area (Å²) in [4.78, 5) is 14.3. The average molecular weight is 523 g/mol. The summed E-state index contributed by atoms with van der Waals surface area (Å²) in [5.74, 6) is 0. The quantitative estimate of drug-likeness (QED) is 0.258. The second-order valence-corrected chi connectivity index (χ2v) is 11.8. The highest BCUT2D eigenvalue weighted by atomic mass is 35.5. The third-order valence-electron chi connectivity index (χ3n) is 5.46. The molecule has 0 aliphatic carbocycles. The number of halogens is 2. The number of aromatic nitrogens is 2. The topological polar surface area (TPSA) is 44.3 Å². The first-order chi connectivity index (χ1) is 15.8. The molecule has 0 saturated carbocycles. The van der Waals surface area contributed by atoms with E-state index in [1.54, 1.807) is 22.7 Å². The first-order valence-corrected chi connectivity index (χ1v) is 13.3. The van der Waals surface area contributed by atoms with Crippen molar-refractivity contribution in [1.29, 1.82) is 0 Å². The van der Waals surface area contributed by atoms with Crippen molar-refractivity contribution >= 4 is 66.3 Å². The van der Waals surface area contributed by atoms with E-state index < -0.39 is 0 Å². The van der Waals surface area contributed by atoms with E-state index in [0.717, 1.165) is 56.4 Å². The van der Waals surface area contributed by atoms with Crippen LogP contribution in [-0.4, -0.2) is 61.0 Å². The molecule has 2 aromatic heterocycles. The van der Waals surface area contributed by atoms with Crippen LogP contribution in [0.1, 0.15) is 34.9 Å². The molecule has 2 heterocycles. The summed E-state index contributed by atoms with van der Waals surface area (Å²) in [6.45, 7) is 1.93. The van der Waals surface area contributed by atoms with Gasteiger partial charge in [0.25, 0.3) is 0 Å². The Hall–Kier alpha value is -1.32. The Morgan fingerprint density at radius 2 is 1.18 bits per heavy atom. The van der Waals surface area contributed by atoms with Crippen LogP contribution in [0.5, 0.6) is 0 Å². The minimum Gasteiger partial charge on any atom is -0.309 e. The fourth-order valence-electron chi connectivity index (χ4n) is 3.71. The molecule has 176 valence electrons. The SMILES string of the molecule is CN(C)CCC(NC(CCN(C)C)c1nc2cc(Cl)ccc2s1)c1nc2cc(Cl)ccc2s1. The van der Waals surface area contributed by atoms with Crippen LogP contribution in [0.25, 0.3) is 20.4 Å². The number of rotatable bonds is 10. The first-order valence-electron chi connectivity index (χ1n) is 11.0. The fourth-order valence-corrected chi connectivity index (χ4v) is 6.13. The molecule has 5 nitrogen and oxygen atoms in total. The monoisotopic (exact) mass is 521 g/mol. The number of benzene rings is 2. The molecule has 1 N–H and O–H groups in total. The lowest BCUT2D eigenvalue weighted by Gasteiger charge is -2.25. The van der Waals surface area contributed by atoms with E-state index in [0.29, 0.717) is 10.0 Å². The van der Waals surface area contributed by atoms with Crippen LogP contribution in [-0.2, 0) is 0 Å². The predicted octanol–water partition coefficient (Wildman–Crippen LogP) is 6.49. The van der Waals surface area contributed by atoms with Gasteiger partial charge in [0.2, 0.25) is 0 Å². The lowest BCUT2D eigenvalue weighted by atomic mass is 10.1. The summed E-state index contributed by atoms with van der Waals surface area (Å²) in [6.07, 6.45) is 1.91. The van der Waals surface area contributed by atoms with Crippen LogP contribution in [0.4, 0.5) is 0 Å². The van der Waals surface area contributed by atoms with Gasteiger partial charge in [0.05, 0.1) is 32.5 Å². The Balaban J connectivity index is 1.67. The largest absolute Gasteiger partial charge is 0.309 e. The van der Waals surface area contributed by atoms with Crippen molar-refractivity contribution in [3.05, 3.63) is 56.5 Å². The molecule has 33 heavy (non-hydrogen) atoms. The number of hydrogen-bond donors (Lipinski definition) is 1. The van der Waals surface area contributed by atoms with Gasteiger partial charge in [-0.05, 0) is 90.5 Å². The summed E-state index contributed by atoms with van der Waals surface area (Å²) < 4.78 is 2.32. The highest BCUT2D eigenvalue weighted by Crippen LogP contribution is 2.34. The van der Waals surface area contributed by atoms with E-state index in [-0.39, 0.29) is 12.1 Å². The second-order valence-electron chi connectivity index (χ2n) is 8.78. The molecule has 0 amide bonds. The Morgan fingerprint density at radius 3 is 1.58 bits per heavy atom. The summed E-state index contributed by atoms with van der Waals surface area (Å²) >= 11 is 15.9. The summed E-state index contributed by atoms with van der Waals surface area (Å²) in [5, 5.41) is 7.54. The first kappa shape index (κ1) is 24.8. The van der Waals surface area contributed by atoms with Crippen molar-refractivity contribution in [2.75, 3.05) is 41.3 Å². The molecule has 4 rings (SSSR count). The smallest absolute Gasteiger partial charge is 0.111 e. The summed E-state index contributed by atoms with van der Waals surface area (Å²) in [6, 6.07) is 12.1. The Kier molecular flexibility index (Phi) is 8.23. The van der Waals surface area contributed by atoms with Gasteiger partial charge in [-0.1, -0.05) is 23.2 Å². The zero-order valence-electron chi connectivity index (χ0n) is 19.3. The molecule has 0 saturated heterocycles. The van der Waals surface area contributed by atoms with E-state index in [9.17, 15) is 0 Å². The van der Waals surface area contributed by atoms with E-state index >= 15 is 0 Å². The zero-order valence-corrected chi connectivity index (χ0v) is 22.5. The Morgan fingerprint density at radius 1 is 0.758 bits per heavy atom. The second kappa shape index (κ2) is 11.0. The van der Waals surface area contributed by atoms with Gasteiger partial charge in [-0.3, -0.25) is 5.32 Å². The molecular weight excluding hydrogens is 493 g/mol. The van der Waals surface area contributed by atoms with Gasteiger partial charge < -0.3 is 9.80 Å². The normalized spacial score (nSPS) is 14.1. The molecule has 0 bridgehead atoms. The molecule has 9 heteroatoms. The van der Waals surface area contributed by atoms with Gasteiger partial charge in [0.1, 0.15) is 10.0 Å². The van der Waals surface area contributed by atoms with Crippen LogP contribution in [0.2, 0.25) is 10.0 Å². The van der Waals surface area contributed by atoms with Crippen molar-refractivity contribution in [1.82, 2.24) is 25.1 Å². The van der Waals surface area contributed by atoms with Crippen molar-refractivity contribution in [3.8, 4) is 0 Å². The van der Waals surface area contributed by atoms with Gasteiger partial charge in [0.15, 0.2) is 0 Å². The third kappa shape index (κ3) is 6.42. The van der Waals surface area contributed by atoms with Crippen molar-refractivity contribution in [3.63, 3.8) is 0 Å². The molecule has 2 aromatic carbocycles. The maximum Gasteiger partial charge on any atom is 0.111 e. The molecular formula is C24H29Cl2N5S2. The van der Waals surface area contributed by atoms with Gasteiger partial charge >= 0.3 is 0 Å². The molecule has 0 radical (unpaired) electrons. The lowest BCUT2D eigenvalue weighted by molar-refractivity contribution is 0.314. The van der Waals surface area contributed by atoms with E-state index in [1.807, 2.05) is 24.3 Å². The van der Waals surface area contributed by atoms with Crippen molar-refractivity contribution in [2.24, 2.45) is 0 Å². The van der Waals surface area contributed by atoms with Crippen LogP contribution in [0.3, 0.4) is 0 Å². The van der Waals surface area contributed by atoms with Crippen LogP contribution in [0, 0.1) is 0 Å². The minimum absolute atomic E-state index is 0.117. The van der Waals surface area contributed by atoms with E-state index in [1.165, 1.54) is 0 Å². The minimum atomic E-state index is 0.117. The third-order valence-corrected chi connectivity index (χ3v) is 8.23. The molecule has 2 atom stereocenters. The van der Waals surface area contributed by atoms with Crippen LogP contribution < -0.4 is 5.32 Å². The number of nitrogens with one attached hydrogen (secondary N) is 1. The van der Waals surface area contributed by atoms with Crippen molar-refractivity contribution < 1.29 is 0 Å². The highest BCUT2D eigenvalue weighted by Gasteiger charge is 2.24. The highest BCUT2D eigenvalue weighted by molar-refractivity contribution is 7.19. The molecule has 0 aliphatic heterocycles. The van der Waals surface area contributed by atoms with Crippen LogP contribution >= 0.6 is 45.9 Å². The number of hydrogen-bond acceptors (Lipinski definition) is 7. The molecule has 0 aliphatic rings. The van der Waals surface area contributed by atoms with E-state index in [2.05, 4.69) is 55.4 Å². The number of nitrogens with zero attached hydrogens (tertiary/aromatic N) is 4. The van der Waals surface area contributed by atoms with Gasteiger partial charge in [-0.25, -0.2) is 9.97 Å². The lowest BCUT2D eigenvalue weighted by Crippen LogP contribution is -2.31. The van der Waals surface area contributed by atoms with Crippen molar-refractivity contribution in [2.45, 2.75) is 24.9 Å². The maximum atomic E-state index is 6.22. The zero-order chi connectivity index (χ0) is 23.5. The summed E-state index contributed by atoms with van der Waals surface area (Å²) in [5.41, 5.74) is 1.91. The van der Waals surface area contributed by atoms with Gasteiger partial charge in [-0.2, -0.15) is 0 Å². The maximum absolute atomic E-state index is 6.22. The summed E-state index contributed by atoms with van der Waals surface area (Å²) in [7, 11) is 8.43. The van der Waals surface area contributed by atoms with Crippen LogP contribution in [0.15, 0.2) is 36.4 Å².